The number of H-pyrrole nitrogens is 1. The monoisotopic (exact) mass is 527 g/mol. The van der Waals surface area contributed by atoms with Gasteiger partial charge < -0.3 is 24.5 Å². The number of amides is 1. The lowest BCUT2D eigenvalue weighted by molar-refractivity contribution is 0.0526. The van der Waals surface area contributed by atoms with E-state index in [1.54, 1.807) is 37.4 Å². The molecule has 3 rings (SSSR count). The van der Waals surface area contributed by atoms with Crippen LogP contribution < -0.4 is 20.3 Å². The van der Waals surface area contributed by atoms with Crippen LogP contribution in [0.5, 0.6) is 11.5 Å². The van der Waals surface area contributed by atoms with Gasteiger partial charge >= 0.3 is 5.97 Å². The highest BCUT2D eigenvalue weighted by molar-refractivity contribution is 7.98. The average molecular weight is 528 g/mol. The van der Waals surface area contributed by atoms with E-state index >= 15 is 0 Å². The Morgan fingerprint density at radius 3 is 2.57 bits per heavy atom. The minimum atomic E-state index is -0.606. The summed E-state index contributed by atoms with van der Waals surface area (Å²) in [7, 11) is 1.35. The smallest absolute Gasteiger partial charge is 0.338 e. The van der Waals surface area contributed by atoms with Crippen LogP contribution in [0.3, 0.4) is 0 Å². The highest BCUT2D eigenvalue weighted by Crippen LogP contribution is 2.23. The predicted molar refractivity (Wildman–Crippen MR) is 138 cm³/mol. The van der Waals surface area contributed by atoms with E-state index in [1.165, 1.54) is 37.1 Å². The Balaban J connectivity index is 1.68. The molecule has 0 spiro atoms. The maximum Gasteiger partial charge on any atom is 0.338 e. The molecule has 0 radical (unpaired) electrons. The second kappa shape index (κ2) is 12.7. The zero-order chi connectivity index (χ0) is 26.9. The molecule has 3 aromatic rings. The van der Waals surface area contributed by atoms with Crippen LogP contribution >= 0.6 is 11.8 Å². The molecule has 0 saturated heterocycles. The Labute approximate surface area is 217 Å². The normalized spacial score (nSPS) is 10.5. The van der Waals surface area contributed by atoms with Crippen LogP contribution in [0, 0.1) is 5.82 Å². The van der Waals surface area contributed by atoms with E-state index in [0.29, 0.717) is 27.5 Å². The van der Waals surface area contributed by atoms with Crippen molar-refractivity contribution in [2.45, 2.75) is 18.5 Å². The Hall–Kier alpha value is -4.12. The van der Waals surface area contributed by atoms with E-state index in [9.17, 15) is 18.8 Å². The first-order valence-corrected chi connectivity index (χ1v) is 12.4. The molecule has 2 aromatic carbocycles. The molecule has 0 aliphatic carbocycles. The number of hydrogen-bond donors (Lipinski definition) is 2. The van der Waals surface area contributed by atoms with Crippen LogP contribution in [0.25, 0.3) is 5.57 Å². The molecule has 1 amide bonds. The minimum Gasteiger partial charge on any atom is -0.494 e. The molecule has 0 aliphatic rings. The Morgan fingerprint density at radius 2 is 1.92 bits per heavy atom. The first-order valence-electron chi connectivity index (χ1n) is 11.1. The number of carbonyl (C=O) groups is 2. The zero-order valence-electron chi connectivity index (χ0n) is 20.6. The van der Waals surface area contributed by atoms with Gasteiger partial charge in [-0.05, 0) is 60.7 Å². The second-order valence-electron chi connectivity index (χ2n) is 7.59. The number of carbonyl (C=O) groups excluding carboxylic acids is 2. The molecule has 0 saturated carbocycles. The van der Waals surface area contributed by atoms with Crippen molar-refractivity contribution >= 4 is 29.2 Å². The number of thioether (sulfide) groups is 1. The number of aromatic amines is 1. The van der Waals surface area contributed by atoms with Gasteiger partial charge in [0.15, 0.2) is 17.4 Å². The molecule has 0 aliphatic heterocycles. The number of nitrogens with one attached hydrogen (secondary N) is 2. The van der Waals surface area contributed by atoms with Crippen LogP contribution in [0.4, 0.5) is 4.39 Å². The van der Waals surface area contributed by atoms with Gasteiger partial charge in [-0.15, -0.1) is 11.8 Å². The Bertz CT molecular complexity index is 1360. The maximum absolute atomic E-state index is 13.6. The van der Waals surface area contributed by atoms with Gasteiger partial charge in [0, 0.05) is 6.54 Å². The number of esters is 1. The van der Waals surface area contributed by atoms with E-state index in [2.05, 4.69) is 21.9 Å². The van der Waals surface area contributed by atoms with Crippen LogP contribution in [-0.2, 0) is 11.3 Å². The van der Waals surface area contributed by atoms with Crippen LogP contribution in [0.1, 0.15) is 39.0 Å². The summed E-state index contributed by atoms with van der Waals surface area (Å²) in [4.78, 5) is 44.0. The molecule has 194 valence electrons. The molecule has 0 unspecified atom stereocenters. The van der Waals surface area contributed by atoms with Crippen LogP contribution in [-0.4, -0.2) is 48.4 Å². The molecule has 1 heterocycles. The number of hydrogen-bond acceptors (Lipinski definition) is 8. The summed E-state index contributed by atoms with van der Waals surface area (Å²) in [5.41, 5.74) is 1.02. The van der Waals surface area contributed by atoms with E-state index in [4.69, 9.17) is 14.2 Å². The summed E-state index contributed by atoms with van der Waals surface area (Å²) in [6.07, 6.45) is 1.72. The first-order chi connectivity index (χ1) is 17.8. The summed E-state index contributed by atoms with van der Waals surface area (Å²) in [6.45, 7) is 6.00. The largest absolute Gasteiger partial charge is 0.494 e. The summed E-state index contributed by atoms with van der Waals surface area (Å²) >= 11 is 1.18. The summed E-state index contributed by atoms with van der Waals surface area (Å²) in [5, 5.41) is 2.95. The molecular weight excluding hydrogens is 501 g/mol. The molecule has 37 heavy (non-hydrogen) atoms. The van der Waals surface area contributed by atoms with Crippen molar-refractivity contribution in [2.24, 2.45) is 0 Å². The predicted octanol–water partition coefficient (Wildman–Crippen LogP) is 3.84. The molecule has 1 aromatic heterocycles. The fraction of sp³-hybridized carbons (Fsp3) is 0.231. The number of methoxy groups -OCH3 is 1. The third kappa shape index (κ3) is 6.98. The number of benzene rings is 2. The first kappa shape index (κ1) is 27.5. The lowest BCUT2D eigenvalue weighted by Gasteiger charge is -2.12. The maximum atomic E-state index is 13.6. The van der Waals surface area contributed by atoms with Crippen molar-refractivity contribution < 1.29 is 28.2 Å². The fourth-order valence-electron chi connectivity index (χ4n) is 3.24. The molecule has 9 nitrogen and oxygen atoms in total. The molecule has 0 atom stereocenters. The molecule has 2 N–H and O–H groups in total. The third-order valence-electron chi connectivity index (χ3n) is 5.10. The number of halogens is 1. The van der Waals surface area contributed by atoms with Crippen molar-refractivity contribution in [2.75, 3.05) is 26.6 Å². The lowest BCUT2D eigenvalue weighted by atomic mass is 10.1. The molecule has 0 bridgehead atoms. The fourth-order valence-corrected chi connectivity index (χ4v) is 3.87. The highest BCUT2D eigenvalue weighted by atomic mass is 32.2. The number of aromatic nitrogens is 2. The van der Waals surface area contributed by atoms with Crippen molar-refractivity contribution in [3.63, 3.8) is 0 Å². The van der Waals surface area contributed by atoms with Crippen molar-refractivity contribution in [3.8, 4) is 11.5 Å². The van der Waals surface area contributed by atoms with Gasteiger partial charge in [-0.1, -0.05) is 12.6 Å². The van der Waals surface area contributed by atoms with E-state index in [0.717, 1.165) is 0 Å². The van der Waals surface area contributed by atoms with E-state index < -0.39 is 23.3 Å². The Morgan fingerprint density at radius 1 is 1.19 bits per heavy atom. The highest BCUT2D eigenvalue weighted by Gasteiger charge is 2.18. The van der Waals surface area contributed by atoms with Crippen LogP contribution in [0.15, 0.2) is 58.9 Å². The van der Waals surface area contributed by atoms with Crippen molar-refractivity contribution in [1.29, 1.82) is 0 Å². The summed E-state index contributed by atoms with van der Waals surface area (Å²) in [5.74, 6) is -1.19. The van der Waals surface area contributed by atoms with Gasteiger partial charge in [-0.25, -0.2) is 14.2 Å². The SMILES string of the molecule is C=C(COc1ccc(C(=O)OCC)cc1)c1c(SC)nc(C(=O)NCc2ccc(F)c(OC)c2)[nH]c1=O. The molecular formula is C26H26FN3O6S. The number of ether oxygens (including phenoxy) is 3. The van der Waals surface area contributed by atoms with Gasteiger partial charge in [0.1, 0.15) is 17.4 Å². The van der Waals surface area contributed by atoms with Gasteiger partial charge in [-0.2, -0.15) is 0 Å². The van der Waals surface area contributed by atoms with E-state index in [1.807, 2.05) is 0 Å². The van der Waals surface area contributed by atoms with E-state index in [-0.39, 0.29) is 36.9 Å². The van der Waals surface area contributed by atoms with Gasteiger partial charge in [0.25, 0.3) is 11.5 Å². The van der Waals surface area contributed by atoms with Crippen LogP contribution in [0.2, 0.25) is 0 Å². The lowest BCUT2D eigenvalue weighted by Crippen LogP contribution is -2.29. The van der Waals surface area contributed by atoms with Crippen molar-refractivity contribution in [1.82, 2.24) is 15.3 Å². The Kier molecular flexibility index (Phi) is 9.45. The van der Waals surface area contributed by atoms with Crippen molar-refractivity contribution in [3.05, 3.63) is 87.7 Å². The quantitative estimate of drug-likeness (QED) is 0.219. The van der Waals surface area contributed by atoms with Gasteiger partial charge in [-0.3, -0.25) is 9.59 Å². The molecule has 0 fully saturated rings. The van der Waals surface area contributed by atoms with Gasteiger partial charge in [0.2, 0.25) is 0 Å². The second-order valence-corrected chi connectivity index (χ2v) is 8.38. The number of nitrogens with zero attached hydrogens (tertiary/aromatic N) is 1. The summed E-state index contributed by atoms with van der Waals surface area (Å²) in [6, 6.07) is 10.6. The molecule has 11 heteroatoms. The summed E-state index contributed by atoms with van der Waals surface area (Å²) < 4.78 is 29.2. The minimum absolute atomic E-state index is 0.0188. The topological polar surface area (TPSA) is 120 Å². The van der Waals surface area contributed by atoms with Gasteiger partial charge in [0.05, 0.1) is 24.8 Å². The average Bonchev–Trinajstić information content (AvgIpc) is 2.90. The zero-order valence-corrected chi connectivity index (χ0v) is 21.4. The third-order valence-corrected chi connectivity index (χ3v) is 5.78. The number of rotatable bonds is 11. The standard InChI is InChI=1S/C26H26FN3O6S/c1-5-35-26(33)17-7-9-18(10-8-17)36-14-15(2)21-23(31)29-22(30-25(21)37-4)24(32)28-13-16-6-11-19(27)20(12-16)34-3/h6-12H,2,5,13-14H2,1,3-4H3,(H,28,32)(H,29,30,31).